The van der Waals surface area contributed by atoms with Gasteiger partial charge < -0.3 is 14.0 Å². The molecule has 1 saturated heterocycles. The molecule has 0 N–H and O–H groups in total. The molecule has 0 saturated carbocycles. The highest BCUT2D eigenvalue weighted by Crippen LogP contribution is 2.32. The molecule has 1 aliphatic rings. The highest BCUT2D eigenvalue weighted by Gasteiger charge is 2.41. The van der Waals surface area contributed by atoms with E-state index in [4.69, 9.17) is 21.1 Å². The highest BCUT2D eigenvalue weighted by molar-refractivity contribution is 7.98. The SMILES string of the molecule is Fc1ccc(CSCC2COC(CCc3ccc(Cl)cc3)(Cn3ccnc3)O2)cc1. The van der Waals surface area contributed by atoms with Gasteiger partial charge >= 0.3 is 0 Å². The molecule has 1 aromatic heterocycles. The summed E-state index contributed by atoms with van der Waals surface area (Å²) < 4.78 is 27.7. The quantitative estimate of drug-likeness (QED) is 0.443. The summed E-state index contributed by atoms with van der Waals surface area (Å²) in [7, 11) is 0. The number of rotatable bonds is 9. The molecule has 0 spiro atoms. The van der Waals surface area contributed by atoms with Gasteiger partial charge in [-0.2, -0.15) is 11.8 Å². The second kappa shape index (κ2) is 9.96. The molecule has 4 rings (SSSR count). The lowest BCUT2D eigenvalue weighted by Gasteiger charge is -2.28. The molecule has 2 aromatic carbocycles. The maximum absolute atomic E-state index is 13.1. The molecule has 2 atom stereocenters. The fourth-order valence-corrected chi connectivity index (χ4v) is 4.62. The van der Waals surface area contributed by atoms with Crippen LogP contribution in [0.5, 0.6) is 0 Å². The summed E-state index contributed by atoms with van der Waals surface area (Å²) in [5, 5.41) is 0.735. The minimum absolute atomic E-state index is 0.0178. The van der Waals surface area contributed by atoms with Gasteiger partial charge in [0.2, 0.25) is 0 Å². The summed E-state index contributed by atoms with van der Waals surface area (Å²) in [6, 6.07) is 14.5. The first-order valence-electron chi connectivity index (χ1n) is 9.94. The molecule has 1 aliphatic heterocycles. The largest absolute Gasteiger partial charge is 0.345 e. The third-order valence-electron chi connectivity index (χ3n) is 5.09. The van der Waals surface area contributed by atoms with E-state index in [1.807, 2.05) is 47.2 Å². The lowest BCUT2D eigenvalue weighted by Crippen LogP contribution is -2.37. The van der Waals surface area contributed by atoms with Crippen LogP contribution < -0.4 is 0 Å². The van der Waals surface area contributed by atoms with E-state index in [9.17, 15) is 4.39 Å². The van der Waals surface area contributed by atoms with Gasteiger partial charge in [0.1, 0.15) is 5.82 Å². The summed E-state index contributed by atoms with van der Waals surface area (Å²) in [5.74, 6) is 0.756. The van der Waals surface area contributed by atoms with Gasteiger partial charge in [-0.1, -0.05) is 35.9 Å². The summed E-state index contributed by atoms with van der Waals surface area (Å²) in [6.45, 7) is 1.16. The van der Waals surface area contributed by atoms with Gasteiger partial charge in [0, 0.05) is 35.3 Å². The predicted molar refractivity (Wildman–Crippen MR) is 118 cm³/mol. The van der Waals surface area contributed by atoms with Crippen LogP contribution in [0.25, 0.3) is 0 Å². The zero-order valence-corrected chi connectivity index (χ0v) is 18.1. The minimum atomic E-state index is -0.679. The monoisotopic (exact) mass is 446 g/mol. The first-order valence-corrected chi connectivity index (χ1v) is 11.5. The van der Waals surface area contributed by atoms with Crippen molar-refractivity contribution >= 4 is 23.4 Å². The lowest BCUT2D eigenvalue weighted by molar-refractivity contribution is -0.180. The Labute approximate surface area is 185 Å². The zero-order chi connectivity index (χ0) is 20.8. The van der Waals surface area contributed by atoms with Crippen molar-refractivity contribution < 1.29 is 13.9 Å². The van der Waals surface area contributed by atoms with E-state index in [0.29, 0.717) is 13.2 Å². The molecule has 30 heavy (non-hydrogen) atoms. The molecule has 0 radical (unpaired) electrons. The molecule has 1 fully saturated rings. The molecular formula is C23H24ClFN2O2S. The second-order valence-electron chi connectivity index (χ2n) is 7.46. The summed E-state index contributed by atoms with van der Waals surface area (Å²) >= 11 is 7.77. The average molecular weight is 447 g/mol. The number of hydrogen-bond donors (Lipinski definition) is 0. The van der Waals surface area contributed by atoms with Crippen LogP contribution in [0.2, 0.25) is 5.02 Å². The molecule has 4 nitrogen and oxygen atoms in total. The summed E-state index contributed by atoms with van der Waals surface area (Å²) in [6.07, 6.45) is 7.07. The van der Waals surface area contributed by atoms with Crippen LogP contribution in [-0.2, 0) is 28.2 Å². The second-order valence-corrected chi connectivity index (χ2v) is 8.93. The zero-order valence-electron chi connectivity index (χ0n) is 16.5. The van der Waals surface area contributed by atoms with E-state index >= 15 is 0 Å². The topological polar surface area (TPSA) is 36.3 Å². The van der Waals surface area contributed by atoms with E-state index in [1.54, 1.807) is 24.3 Å². The number of thioether (sulfide) groups is 1. The number of aromatic nitrogens is 2. The van der Waals surface area contributed by atoms with Crippen LogP contribution in [0.3, 0.4) is 0 Å². The standard InChI is InChI=1S/C23H24ClFN2O2S/c24-20-5-1-18(2-6-20)9-10-23(16-27-12-11-26-17-27)28-13-22(29-23)15-30-14-19-3-7-21(25)8-4-19/h1-8,11-12,17,22H,9-10,13-16H2. The normalized spacial score (nSPS) is 21.2. The van der Waals surface area contributed by atoms with Crippen molar-refractivity contribution in [2.45, 2.75) is 37.0 Å². The van der Waals surface area contributed by atoms with Crippen LogP contribution in [0.15, 0.2) is 67.3 Å². The molecule has 0 amide bonds. The Bertz CT molecular complexity index is 921. The maximum atomic E-state index is 13.1. The fourth-order valence-electron chi connectivity index (χ4n) is 3.52. The lowest BCUT2D eigenvalue weighted by atomic mass is 10.0. The Kier molecular flexibility index (Phi) is 7.10. The predicted octanol–water partition coefficient (Wildman–Crippen LogP) is 5.35. The van der Waals surface area contributed by atoms with Crippen molar-refractivity contribution in [2.75, 3.05) is 12.4 Å². The number of aryl methyl sites for hydroxylation is 1. The average Bonchev–Trinajstić information content (AvgIpc) is 3.40. The number of nitrogens with zero attached hydrogens (tertiary/aromatic N) is 2. The fraction of sp³-hybridized carbons (Fsp3) is 0.348. The molecule has 2 heterocycles. The third-order valence-corrected chi connectivity index (χ3v) is 6.49. The Morgan fingerprint density at radius 2 is 1.90 bits per heavy atom. The van der Waals surface area contributed by atoms with Crippen LogP contribution in [0.4, 0.5) is 4.39 Å². The molecule has 2 unspecified atom stereocenters. The first kappa shape index (κ1) is 21.4. The van der Waals surface area contributed by atoms with Crippen molar-refractivity contribution in [1.29, 1.82) is 0 Å². The number of halogens is 2. The third kappa shape index (κ3) is 5.85. The van der Waals surface area contributed by atoms with Crippen molar-refractivity contribution in [3.8, 4) is 0 Å². The summed E-state index contributed by atoms with van der Waals surface area (Å²) in [5.41, 5.74) is 2.30. The van der Waals surface area contributed by atoms with E-state index in [2.05, 4.69) is 4.98 Å². The van der Waals surface area contributed by atoms with Gasteiger partial charge in [-0.15, -0.1) is 0 Å². The van der Waals surface area contributed by atoms with Gasteiger partial charge in [0.25, 0.3) is 0 Å². The van der Waals surface area contributed by atoms with E-state index in [1.165, 1.54) is 17.7 Å². The summed E-state index contributed by atoms with van der Waals surface area (Å²) in [4.78, 5) is 4.14. The van der Waals surface area contributed by atoms with E-state index < -0.39 is 5.79 Å². The molecular weight excluding hydrogens is 423 g/mol. The molecule has 0 bridgehead atoms. The highest BCUT2D eigenvalue weighted by atomic mass is 35.5. The van der Waals surface area contributed by atoms with Crippen molar-refractivity contribution in [2.24, 2.45) is 0 Å². The molecule has 3 aromatic rings. The Balaban J connectivity index is 1.35. The van der Waals surface area contributed by atoms with Crippen LogP contribution in [-0.4, -0.2) is 33.8 Å². The number of ether oxygens (including phenoxy) is 2. The number of benzene rings is 2. The first-order chi connectivity index (χ1) is 14.6. The number of hydrogen-bond acceptors (Lipinski definition) is 4. The molecule has 158 valence electrons. The van der Waals surface area contributed by atoms with Crippen LogP contribution >= 0.6 is 23.4 Å². The van der Waals surface area contributed by atoms with Crippen LogP contribution in [0, 0.1) is 5.82 Å². The van der Waals surface area contributed by atoms with Crippen molar-refractivity contribution in [3.05, 3.63) is 89.2 Å². The van der Waals surface area contributed by atoms with Gasteiger partial charge in [-0.3, -0.25) is 0 Å². The Morgan fingerprint density at radius 3 is 2.63 bits per heavy atom. The Hall–Kier alpha value is -1.86. The van der Waals surface area contributed by atoms with Crippen molar-refractivity contribution in [1.82, 2.24) is 9.55 Å². The van der Waals surface area contributed by atoms with Gasteiger partial charge in [0.15, 0.2) is 5.79 Å². The van der Waals surface area contributed by atoms with E-state index in [-0.39, 0.29) is 11.9 Å². The molecule has 0 aliphatic carbocycles. The maximum Gasteiger partial charge on any atom is 0.187 e. The van der Waals surface area contributed by atoms with Crippen LogP contribution in [0.1, 0.15) is 17.5 Å². The van der Waals surface area contributed by atoms with Gasteiger partial charge in [-0.25, -0.2) is 9.37 Å². The minimum Gasteiger partial charge on any atom is -0.345 e. The van der Waals surface area contributed by atoms with E-state index in [0.717, 1.165) is 34.9 Å². The van der Waals surface area contributed by atoms with Crippen molar-refractivity contribution in [3.63, 3.8) is 0 Å². The molecule has 7 heteroatoms. The van der Waals surface area contributed by atoms with Gasteiger partial charge in [-0.05, 0) is 41.8 Å². The smallest absolute Gasteiger partial charge is 0.187 e. The number of imidazole rings is 1. The van der Waals surface area contributed by atoms with Gasteiger partial charge in [0.05, 0.1) is 25.6 Å². The Morgan fingerprint density at radius 1 is 1.13 bits per heavy atom.